The fraction of sp³-hybridized carbons (Fsp3) is 0.267. The van der Waals surface area contributed by atoms with E-state index in [9.17, 15) is 9.59 Å². The normalized spacial score (nSPS) is 10.5. The molecule has 0 aliphatic heterocycles. The number of hydrogen-bond donors (Lipinski definition) is 0. The summed E-state index contributed by atoms with van der Waals surface area (Å²) in [4.78, 5) is 25.7. The maximum absolute atomic E-state index is 12.0. The minimum atomic E-state index is -0.739. The minimum absolute atomic E-state index is 0.167. The van der Waals surface area contributed by atoms with Gasteiger partial charge in [0.05, 0.1) is 12.4 Å². The van der Waals surface area contributed by atoms with Gasteiger partial charge in [-0.2, -0.15) is 5.10 Å². The van der Waals surface area contributed by atoms with Gasteiger partial charge in [0.1, 0.15) is 0 Å². The van der Waals surface area contributed by atoms with Crippen molar-refractivity contribution in [1.82, 2.24) is 14.7 Å². The third-order valence-electron chi connectivity index (χ3n) is 2.81. The van der Waals surface area contributed by atoms with Crippen molar-refractivity contribution in [3.8, 4) is 5.75 Å². The molecule has 2 aromatic rings. The molecule has 6 nitrogen and oxygen atoms in total. The van der Waals surface area contributed by atoms with Gasteiger partial charge in [0.25, 0.3) is 5.24 Å². The Morgan fingerprint density at radius 1 is 1.27 bits per heavy atom. The molecule has 0 radical (unpaired) electrons. The Hall–Kier alpha value is -2.28. The highest BCUT2D eigenvalue weighted by molar-refractivity contribution is 8.13. The highest BCUT2D eigenvalue weighted by Gasteiger charge is 2.20. The van der Waals surface area contributed by atoms with Crippen LogP contribution in [-0.4, -0.2) is 33.1 Å². The molecule has 22 heavy (non-hydrogen) atoms. The van der Waals surface area contributed by atoms with E-state index in [1.54, 1.807) is 23.0 Å². The summed E-state index contributed by atoms with van der Waals surface area (Å²) >= 11 is 0.966. The summed E-state index contributed by atoms with van der Waals surface area (Å²) in [5.74, 6) is 0.308. The van der Waals surface area contributed by atoms with Crippen LogP contribution >= 0.6 is 11.8 Å². The number of imide groups is 1. The molecule has 1 aromatic carbocycles. The first-order valence-electron chi connectivity index (χ1n) is 6.74. The Labute approximate surface area is 133 Å². The fourth-order valence-electron chi connectivity index (χ4n) is 1.56. The topological polar surface area (TPSA) is 64.4 Å². The molecule has 116 valence electrons. The van der Waals surface area contributed by atoms with Crippen molar-refractivity contribution in [3.05, 3.63) is 42.7 Å². The number of amides is 2. The number of rotatable bonds is 3. The van der Waals surface area contributed by atoms with E-state index in [2.05, 4.69) is 5.10 Å². The largest absolute Gasteiger partial charge is 0.422 e. The van der Waals surface area contributed by atoms with Gasteiger partial charge in [-0.15, -0.1) is 0 Å². The van der Waals surface area contributed by atoms with Crippen LogP contribution in [0, 0.1) is 0 Å². The van der Waals surface area contributed by atoms with Crippen molar-refractivity contribution < 1.29 is 14.3 Å². The van der Waals surface area contributed by atoms with Gasteiger partial charge >= 0.3 is 6.09 Å². The number of carbonyl (C=O) groups excluding carboxylic acids is 2. The number of aromatic nitrogens is 2. The van der Waals surface area contributed by atoms with Crippen molar-refractivity contribution in [2.24, 2.45) is 0 Å². The van der Waals surface area contributed by atoms with Crippen LogP contribution in [0.25, 0.3) is 0 Å². The molecule has 1 heterocycles. The maximum Gasteiger partial charge on any atom is 0.422 e. The van der Waals surface area contributed by atoms with E-state index in [-0.39, 0.29) is 6.04 Å². The predicted octanol–water partition coefficient (Wildman–Crippen LogP) is 3.81. The first-order chi connectivity index (χ1) is 10.5. The van der Waals surface area contributed by atoms with Crippen molar-refractivity contribution in [2.75, 3.05) is 7.05 Å². The lowest BCUT2D eigenvalue weighted by atomic mass is 10.4. The van der Waals surface area contributed by atoms with Crippen LogP contribution in [0.15, 0.2) is 47.6 Å². The number of carbonyl (C=O) groups is 2. The van der Waals surface area contributed by atoms with Gasteiger partial charge in [-0.3, -0.25) is 9.48 Å². The summed E-state index contributed by atoms with van der Waals surface area (Å²) < 4.78 is 6.81. The highest BCUT2D eigenvalue weighted by Crippen LogP contribution is 2.21. The molecular formula is C15H17N3O3S. The third-order valence-corrected chi connectivity index (χ3v) is 3.76. The third kappa shape index (κ3) is 4.11. The lowest BCUT2D eigenvalue weighted by Gasteiger charge is -2.13. The van der Waals surface area contributed by atoms with Gasteiger partial charge < -0.3 is 4.74 Å². The van der Waals surface area contributed by atoms with Crippen molar-refractivity contribution >= 4 is 23.1 Å². The van der Waals surface area contributed by atoms with Crippen LogP contribution in [0.1, 0.15) is 19.9 Å². The molecule has 0 spiro atoms. The highest BCUT2D eigenvalue weighted by atomic mass is 32.2. The second-order valence-electron chi connectivity index (χ2n) is 4.86. The first kappa shape index (κ1) is 16.1. The average molecular weight is 319 g/mol. The summed E-state index contributed by atoms with van der Waals surface area (Å²) in [7, 11) is 1.38. The van der Waals surface area contributed by atoms with Crippen LogP contribution in [0.4, 0.5) is 9.59 Å². The second kappa shape index (κ2) is 7.13. The molecular weight excluding hydrogens is 302 g/mol. The quantitative estimate of drug-likeness (QED) is 0.805. The molecule has 0 bridgehead atoms. The van der Waals surface area contributed by atoms with E-state index in [0.29, 0.717) is 5.75 Å². The van der Waals surface area contributed by atoms with Gasteiger partial charge in [0, 0.05) is 18.0 Å². The first-order valence-corrected chi connectivity index (χ1v) is 7.55. The second-order valence-corrected chi connectivity index (χ2v) is 5.88. The van der Waals surface area contributed by atoms with Crippen LogP contribution in [-0.2, 0) is 0 Å². The number of hydrogen-bond acceptors (Lipinski definition) is 5. The van der Waals surface area contributed by atoms with Gasteiger partial charge in [0.2, 0.25) is 0 Å². The smallest absolute Gasteiger partial charge is 0.407 e. The standard InChI is InChI=1S/C15H17N3O3S/c1-11(2)18-10-12(9-16-18)21-14(19)17(3)15(20)22-13-7-5-4-6-8-13/h4-11H,1-3H3. The van der Waals surface area contributed by atoms with Crippen LogP contribution in [0.2, 0.25) is 0 Å². The molecule has 0 aliphatic rings. The van der Waals surface area contributed by atoms with Gasteiger partial charge in [0.15, 0.2) is 5.75 Å². The monoisotopic (exact) mass is 319 g/mol. The fourth-order valence-corrected chi connectivity index (χ4v) is 2.26. The van der Waals surface area contributed by atoms with Gasteiger partial charge in [-0.1, -0.05) is 18.2 Å². The van der Waals surface area contributed by atoms with Gasteiger partial charge in [-0.05, 0) is 37.7 Å². The molecule has 0 aliphatic carbocycles. The molecule has 2 amide bonds. The van der Waals surface area contributed by atoms with E-state index < -0.39 is 11.3 Å². The van der Waals surface area contributed by atoms with Crippen LogP contribution in [0.3, 0.4) is 0 Å². The number of nitrogens with zero attached hydrogens (tertiary/aromatic N) is 3. The Morgan fingerprint density at radius 2 is 1.95 bits per heavy atom. The molecule has 0 atom stereocenters. The number of thioether (sulfide) groups is 1. The Balaban J connectivity index is 1.94. The maximum atomic E-state index is 12.0. The van der Waals surface area contributed by atoms with Crippen LogP contribution < -0.4 is 4.74 Å². The van der Waals surface area contributed by atoms with Crippen molar-refractivity contribution in [2.45, 2.75) is 24.8 Å². The van der Waals surface area contributed by atoms with Crippen LogP contribution in [0.5, 0.6) is 5.75 Å². The SMILES string of the molecule is CC(C)n1cc(OC(=O)N(C)C(=O)Sc2ccccc2)cn1. The molecule has 0 fully saturated rings. The summed E-state index contributed by atoms with van der Waals surface area (Å²) in [5, 5.41) is 3.66. The van der Waals surface area contributed by atoms with E-state index >= 15 is 0 Å². The Kier molecular flexibility index (Phi) is 5.21. The zero-order chi connectivity index (χ0) is 16.1. The summed E-state index contributed by atoms with van der Waals surface area (Å²) in [6, 6.07) is 9.28. The molecule has 1 aromatic heterocycles. The summed E-state index contributed by atoms with van der Waals surface area (Å²) in [5.41, 5.74) is 0. The molecule has 0 saturated carbocycles. The molecule has 2 rings (SSSR count). The zero-order valence-corrected chi connectivity index (χ0v) is 13.4. The molecule has 0 N–H and O–H groups in total. The lowest BCUT2D eigenvalue weighted by Crippen LogP contribution is -2.32. The Bertz CT molecular complexity index is 655. The summed E-state index contributed by atoms with van der Waals surface area (Å²) in [6.07, 6.45) is 2.32. The zero-order valence-electron chi connectivity index (χ0n) is 12.6. The van der Waals surface area contributed by atoms with Gasteiger partial charge in [-0.25, -0.2) is 9.69 Å². The summed E-state index contributed by atoms with van der Waals surface area (Å²) in [6.45, 7) is 3.93. The van der Waals surface area contributed by atoms with Crippen molar-refractivity contribution in [1.29, 1.82) is 0 Å². The molecule has 0 saturated heterocycles. The van der Waals surface area contributed by atoms with E-state index in [1.165, 1.54) is 13.2 Å². The Morgan fingerprint density at radius 3 is 2.55 bits per heavy atom. The average Bonchev–Trinajstić information content (AvgIpc) is 2.96. The minimum Gasteiger partial charge on any atom is -0.407 e. The molecule has 7 heteroatoms. The van der Waals surface area contributed by atoms with E-state index in [4.69, 9.17) is 4.74 Å². The predicted molar refractivity (Wildman–Crippen MR) is 84.1 cm³/mol. The van der Waals surface area contributed by atoms with E-state index in [0.717, 1.165) is 21.6 Å². The number of benzene rings is 1. The molecule has 0 unspecified atom stereocenters. The van der Waals surface area contributed by atoms with Crippen molar-refractivity contribution in [3.63, 3.8) is 0 Å². The lowest BCUT2D eigenvalue weighted by molar-refractivity contribution is 0.170. The number of ether oxygens (including phenoxy) is 1. The van der Waals surface area contributed by atoms with E-state index in [1.807, 2.05) is 32.0 Å².